The predicted molar refractivity (Wildman–Crippen MR) is 70.0 cm³/mol. The van der Waals surface area contributed by atoms with Gasteiger partial charge in [0.15, 0.2) is 0 Å². The third-order valence-electron chi connectivity index (χ3n) is 2.61. The van der Waals surface area contributed by atoms with Gasteiger partial charge in [0.2, 0.25) is 0 Å². The Morgan fingerprint density at radius 3 is 2.73 bits per heavy atom. The fourth-order valence-corrected chi connectivity index (χ4v) is 2.43. The van der Waals surface area contributed by atoms with E-state index in [9.17, 15) is 0 Å². The lowest BCUT2D eigenvalue weighted by atomic mass is 10.2. The molecule has 0 N–H and O–H groups in total. The monoisotopic (exact) mass is 239 g/mol. The van der Waals surface area contributed by atoms with E-state index in [-0.39, 0.29) is 0 Å². The summed E-state index contributed by atoms with van der Waals surface area (Å²) in [5.41, 5.74) is 2.40. The predicted octanol–water partition coefficient (Wildman–Crippen LogP) is 4.31. The number of halogens is 1. The normalized spacial score (nSPS) is 11.5. The summed E-state index contributed by atoms with van der Waals surface area (Å²) in [6, 6.07) is 6.47. The van der Waals surface area contributed by atoms with Crippen molar-refractivity contribution in [1.29, 1.82) is 0 Å². The van der Waals surface area contributed by atoms with Gasteiger partial charge in [0.1, 0.15) is 0 Å². The number of hydrogen-bond acceptors (Lipinski definition) is 1. The fourth-order valence-electron chi connectivity index (χ4n) is 1.89. The number of thiol groups is 1. The van der Waals surface area contributed by atoms with Gasteiger partial charge in [0.05, 0.1) is 10.5 Å². The van der Waals surface area contributed by atoms with E-state index in [2.05, 4.69) is 43.3 Å². The van der Waals surface area contributed by atoms with Crippen LogP contribution in [-0.2, 0) is 5.75 Å². The molecular formula is C12H14ClNS. The highest BCUT2D eigenvalue weighted by molar-refractivity contribution is 7.79. The summed E-state index contributed by atoms with van der Waals surface area (Å²) in [4.78, 5) is 0. The van der Waals surface area contributed by atoms with E-state index in [0.29, 0.717) is 6.04 Å². The average molecular weight is 240 g/mol. The highest BCUT2D eigenvalue weighted by atomic mass is 35.5. The van der Waals surface area contributed by atoms with E-state index in [0.717, 1.165) is 16.2 Å². The van der Waals surface area contributed by atoms with Gasteiger partial charge < -0.3 is 4.57 Å². The molecule has 0 aliphatic rings. The van der Waals surface area contributed by atoms with Gasteiger partial charge in [0.25, 0.3) is 0 Å². The Morgan fingerprint density at radius 1 is 1.40 bits per heavy atom. The van der Waals surface area contributed by atoms with Gasteiger partial charge in [-0.1, -0.05) is 17.7 Å². The van der Waals surface area contributed by atoms with Gasteiger partial charge >= 0.3 is 0 Å². The van der Waals surface area contributed by atoms with Crippen LogP contribution in [0.25, 0.3) is 10.9 Å². The van der Waals surface area contributed by atoms with E-state index in [1.807, 2.05) is 12.1 Å². The minimum absolute atomic E-state index is 0.444. The molecule has 0 atom stereocenters. The number of benzene rings is 1. The van der Waals surface area contributed by atoms with Gasteiger partial charge in [0, 0.05) is 23.4 Å². The molecule has 0 spiro atoms. The third kappa shape index (κ3) is 1.77. The minimum atomic E-state index is 0.444. The van der Waals surface area contributed by atoms with Crippen molar-refractivity contribution in [3.05, 3.63) is 35.0 Å². The second kappa shape index (κ2) is 4.11. The zero-order valence-electron chi connectivity index (χ0n) is 8.87. The minimum Gasteiger partial charge on any atom is -0.345 e. The van der Waals surface area contributed by atoms with Crippen LogP contribution < -0.4 is 0 Å². The van der Waals surface area contributed by atoms with Crippen molar-refractivity contribution >= 4 is 35.1 Å². The molecule has 3 heteroatoms. The summed E-state index contributed by atoms with van der Waals surface area (Å²) in [6.45, 7) is 4.34. The van der Waals surface area contributed by atoms with Crippen LogP contribution in [0.5, 0.6) is 0 Å². The van der Waals surface area contributed by atoms with Crippen molar-refractivity contribution in [2.45, 2.75) is 25.6 Å². The van der Waals surface area contributed by atoms with E-state index in [4.69, 9.17) is 11.6 Å². The van der Waals surface area contributed by atoms with Crippen LogP contribution in [0.3, 0.4) is 0 Å². The van der Waals surface area contributed by atoms with Crippen molar-refractivity contribution < 1.29 is 0 Å². The Bertz CT molecular complexity index is 488. The zero-order valence-corrected chi connectivity index (χ0v) is 10.5. The second-order valence-corrected chi connectivity index (χ2v) is 4.67. The molecule has 1 aromatic heterocycles. The lowest BCUT2D eigenvalue weighted by molar-refractivity contribution is 0.622. The number of aromatic nitrogens is 1. The van der Waals surface area contributed by atoms with E-state index in [1.165, 1.54) is 11.1 Å². The Balaban J connectivity index is 2.81. The standard InChI is InChI=1S/C12H14ClNS/c1-8(2)14-6-9(7-15)12-10(13)4-3-5-11(12)14/h3-6,8,15H,7H2,1-2H3. The largest absolute Gasteiger partial charge is 0.345 e. The van der Waals surface area contributed by atoms with Crippen LogP contribution in [0.4, 0.5) is 0 Å². The first-order valence-electron chi connectivity index (χ1n) is 5.04. The molecule has 0 fully saturated rings. The zero-order chi connectivity index (χ0) is 11.0. The summed E-state index contributed by atoms with van der Waals surface area (Å²) in [5, 5.41) is 1.96. The van der Waals surface area contributed by atoms with Crippen LogP contribution in [-0.4, -0.2) is 4.57 Å². The molecule has 2 aromatic rings. The van der Waals surface area contributed by atoms with E-state index in [1.54, 1.807) is 0 Å². The molecule has 1 heterocycles. The molecule has 80 valence electrons. The number of nitrogens with zero attached hydrogens (tertiary/aromatic N) is 1. The second-order valence-electron chi connectivity index (χ2n) is 3.95. The van der Waals surface area contributed by atoms with Gasteiger partial charge in [-0.25, -0.2) is 0 Å². The topological polar surface area (TPSA) is 4.93 Å². The molecule has 2 rings (SSSR count). The Morgan fingerprint density at radius 2 is 2.13 bits per heavy atom. The molecular weight excluding hydrogens is 226 g/mol. The smallest absolute Gasteiger partial charge is 0.0502 e. The van der Waals surface area contributed by atoms with Gasteiger partial charge in [-0.05, 0) is 31.5 Å². The summed E-state index contributed by atoms with van der Waals surface area (Å²) < 4.78 is 2.24. The van der Waals surface area contributed by atoms with Gasteiger partial charge in [-0.3, -0.25) is 0 Å². The third-order valence-corrected chi connectivity index (χ3v) is 3.27. The number of fused-ring (bicyclic) bond motifs is 1. The maximum absolute atomic E-state index is 6.21. The molecule has 0 aliphatic carbocycles. The summed E-state index contributed by atoms with van der Waals surface area (Å²) in [7, 11) is 0. The number of hydrogen-bond donors (Lipinski definition) is 1. The molecule has 0 aliphatic heterocycles. The number of rotatable bonds is 2. The molecule has 0 unspecified atom stereocenters. The SMILES string of the molecule is CC(C)n1cc(CS)c2c(Cl)cccc21. The summed E-state index contributed by atoms with van der Waals surface area (Å²) in [5.74, 6) is 0.722. The Labute approximate surface area is 100 Å². The first-order valence-corrected chi connectivity index (χ1v) is 6.05. The van der Waals surface area contributed by atoms with E-state index >= 15 is 0 Å². The van der Waals surface area contributed by atoms with Crippen LogP contribution in [0.1, 0.15) is 25.5 Å². The van der Waals surface area contributed by atoms with Crippen LogP contribution in [0.2, 0.25) is 5.02 Å². The van der Waals surface area contributed by atoms with Crippen molar-refractivity contribution in [2.24, 2.45) is 0 Å². The van der Waals surface area contributed by atoms with Gasteiger partial charge in [-0.2, -0.15) is 12.6 Å². The van der Waals surface area contributed by atoms with Crippen molar-refractivity contribution in [1.82, 2.24) is 4.57 Å². The molecule has 1 aromatic carbocycles. The van der Waals surface area contributed by atoms with Gasteiger partial charge in [-0.15, -0.1) is 0 Å². The molecule has 0 radical (unpaired) electrons. The van der Waals surface area contributed by atoms with Crippen LogP contribution in [0, 0.1) is 0 Å². The lowest BCUT2D eigenvalue weighted by Crippen LogP contribution is -1.97. The average Bonchev–Trinajstić information content (AvgIpc) is 2.58. The highest BCUT2D eigenvalue weighted by Crippen LogP contribution is 2.31. The van der Waals surface area contributed by atoms with Crippen molar-refractivity contribution in [3.63, 3.8) is 0 Å². The van der Waals surface area contributed by atoms with Crippen molar-refractivity contribution in [3.8, 4) is 0 Å². The Kier molecular flexibility index (Phi) is 2.98. The molecule has 1 nitrogen and oxygen atoms in total. The fraction of sp³-hybridized carbons (Fsp3) is 0.333. The van der Waals surface area contributed by atoms with Crippen LogP contribution in [0.15, 0.2) is 24.4 Å². The summed E-state index contributed by atoms with van der Waals surface area (Å²) in [6.07, 6.45) is 2.15. The maximum atomic E-state index is 6.21. The molecule has 0 saturated carbocycles. The molecule has 0 bridgehead atoms. The van der Waals surface area contributed by atoms with Crippen LogP contribution >= 0.6 is 24.2 Å². The van der Waals surface area contributed by atoms with Crippen molar-refractivity contribution in [2.75, 3.05) is 0 Å². The first-order chi connectivity index (χ1) is 7.15. The lowest BCUT2D eigenvalue weighted by Gasteiger charge is -2.08. The molecule has 0 saturated heterocycles. The molecule has 0 amide bonds. The summed E-state index contributed by atoms with van der Waals surface area (Å²) >= 11 is 10.6. The van der Waals surface area contributed by atoms with E-state index < -0.39 is 0 Å². The molecule has 15 heavy (non-hydrogen) atoms. The quantitative estimate of drug-likeness (QED) is 0.746. The Hall–Kier alpha value is -0.600. The first kappa shape index (κ1) is 10.9. The highest BCUT2D eigenvalue weighted by Gasteiger charge is 2.11. The maximum Gasteiger partial charge on any atom is 0.0502 e.